The lowest BCUT2D eigenvalue weighted by Gasteiger charge is -2.36. The van der Waals surface area contributed by atoms with Gasteiger partial charge in [-0.25, -0.2) is 0 Å². The molecule has 1 saturated heterocycles. The maximum atomic E-state index is 10.4. The predicted octanol–water partition coefficient (Wildman–Crippen LogP) is 0.503. The first-order valence-electron chi connectivity index (χ1n) is 6.29. The van der Waals surface area contributed by atoms with Crippen molar-refractivity contribution in [2.75, 3.05) is 0 Å². The summed E-state index contributed by atoms with van der Waals surface area (Å²) in [6.45, 7) is 3.54. The molecule has 1 aliphatic rings. The summed E-state index contributed by atoms with van der Waals surface area (Å²) >= 11 is 0. The molecule has 1 heterocycles. The zero-order valence-electron chi connectivity index (χ0n) is 10.8. The first kappa shape index (κ1) is 15.4. The number of carbonyl (C=O) groups is 1. The van der Waals surface area contributed by atoms with Gasteiger partial charge in [-0.3, -0.25) is 4.79 Å². The topological polar surface area (TPSA) is 96.2 Å². The molecular weight excluding hydrogens is 240 g/mol. The van der Waals surface area contributed by atoms with Crippen molar-refractivity contribution in [3.63, 3.8) is 0 Å². The van der Waals surface area contributed by atoms with E-state index in [4.69, 9.17) is 14.6 Å². The van der Waals surface area contributed by atoms with Crippen LogP contribution in [0.1, 0.15) is 39.5 Å². The van der Waals surface area contributed by atoms with Crippen molar-refractivity contribution in [1.82, 2.24) is 0 Å². The van der Waals surface area contributed by atoms with Gasteiger partial charge in [0.15, 0.2) is 6.29 Å². The smallest absolute Gasteiger partial charge is 0.303 e. The number of hydrogen-bond donors (Lipinski definition) is 3. The Morgan fingerprint density at radius 1 is 1.44 bits per heavy atom. The zero-order chi connectivity index (χ0) is 13.7. The summed E-state index contributed by atoms with van der Waals surface area (Å²) in [5.74, 6) is -0.826. The molecule has 0 spiro atoms. The third-order valence-corrected chi connectivity index (χ3v) is 3.06. The number of rotatable bonds is 6. The van der Waals surface area contributed by atoms with Crippen molar-refractivity contribution in [1.29, 1.82) is 0 Å². The first-order chi connectivity index (χ1) is 8.40. The maximum absolute atomic E-state index is 10.4. The Morgan fingerprint density at radius 2 is 2.11 bits per heavy atom. The van der Waals surface area contributed by atoms with E-state index in [1.165, 1.54) is 0 Å². The molecule has 1 rings (SSSR count). The van der Waals surface area contributed by atoms with E-state index >= 15 is 0 Å². The van der Waals surface area contributed by atoms with Gasteiger partial charge < -0.3 is 24.8 Å². The highest BCUT2D eigenvalue weighted by Gasteiger charge is 2.35. The van der Waals surface area contributed by atoms with Gasteiger partial charge >= 0.3 is 5.97 Å². The second-order valence-electron chi connectivity index (χ2n) is 4.81. The average Bonchev–Trinajstić information content (AvgIpc) is 2.25. The molecular formula is C12H22O6. The van der Waals surface area contributed by atoms with Crippen molar-refractivity contribution >= 4 is 5.97 Å². The molecule has 106 valence electrons. The molecule has 0 saturated carbocycles. The Kier molecular flexibility index (Phi) is 6.01. The lowest BCUT2D eigenvalue weighted by Crippen LogP contribution is -2.48. The summed E-state index contributed by atoms with van der Waals surface area (Å²) in [5.41, 5.74) is 0. The Labute approximate surface area is 107 Å². The molecule has 1 fully saturated rings. The molecule has 0 amide bonds. The van der Waals surface area contributed by atoms with E-state index in [2.05, 4.69) is 0 Å². The van der Waals surface area contributed by atoms with E-state index in [-0.39, 0.29) is 25.0 Å². The van der Waals surface area contributed by atoms with Crippen LogP contribution >= 0.6 is 0 Å². The minimum absolute atomic E-state index is 0.108. The van der Waals surface area contributed by atoms with Gasteiger partial charge in [-0.2, -0.15) is 0 Å². The maximum Gasteiger partial charge on any atom is 0.303 e. The lowest BCUT2D eigenvalue weighted by atomic mass is 10.0. The highest BCUT2D eigenvalue weighted by Crippen LogP contribution is 2.22. The van der Waals surface area contributed by atoms with Crippen LogP contribution in [0, 0.1) is 0 Å². The van der Waals surface area contributed by atoms with Crippen molar-refractivity contribution < 1.29 is 29.6 Å². The number of carboxylic acids is 1. The summed E-state index contributed by atoms with van der Waals surface area (Å²) < 4.78 is 10.9. The van der Waals surface area contributed by atoms with Gasteiger partial charge in [0.05, 0.1) is 18.3 Å². The summed E-state index contributed by atoms with van der Waals surface area (Å²) in [4.78, 5) is 10.4. The molecule has 0 aromatic carbocycles. The molecule has 0 aromatic heterocycles. The van der Waals surface area contributed by atoms with Crippen LogP contribution in [0.3, 0.4) is 0 Å². The van der Waals surface area contributed by atoms with Crippen molar-refractivity contribution in [3.05, 3.63) is 0 Å². The predicted molar refractivity (Wildman–Crippen MR) is 63.0 cm³/mol. The quantitative estimate of drug-likeness (QED) is 0.645. The Morgan fingerprint density at radius 3 is 2.72 bits per heavy atom. The number of ether oxygens (including phenoxy) is 2. The summed E-state index contributed by atoms with van der Waals surface area (Å²) in [5, 5.41) is 27.7. The third-order valence-electron chi connectivity index (χ3n) is 3.06. The number of carboxylic acid groups (broad SMARTS) is 1. The van der Waals surface area contributed by atoms with E-state index in [9.17, 15) is 15.0 Å². The zero-order valence-corrected chi connectivity index (χ0v) is 10.8. The van der Waals surface area contributed by atoms with E-state index in [1.54, 1.807) is 6.92 Å². The van der Waals surface area contributed by atoms with Gasteiger partial charge in [-0.15, -0.1) is 0 Å². The van der Waals surface area contributed by atoms with Crippen LogP contribution in [0.4, 0.5) is 0 Å². The molecule has 3 N–H and O–H groups in total. The second kappa shape index (κ2) is 7.04. The Balaban J connectivity index is 2.30. The van der Waals surface area contributed by atoms with Gasteiger partial charge in [0.1, 0.15) is 6.10 Å². The minimum atomic E-state index is -0.849. The third kappa shape index (κ3) is 4.89. The lowest BCUT2D eigenvalue weighted by molar-refractivity contribution is -0.273. The van der Waals surface area contributed by atoms with E-state index in [1.807, 2.05) is 6.92 Å². The van der Waals surface area contributed by atoms with Crippen LogP contribution in [0.2, 0.25) is 0 Å². The Hall–Kier alpha value is -0.690. The largest absolute Gasteiger partial charge is 0.481 e. The second-order valence-corrected chi connectivity index (χ2v) is 4.81. The monoisotopic (exact) mass is 262 g/mol. The van der Waals surface area contributed by atoms with Crippen LogP contribution in [-0.4, -0.2) is 52.0 Å². The number of aliphatic carboxylic acids is 1. The van der Waals surface area contributed by atoms with E-state index in [0.717, 1.165) is 0 Å². The van der Waals surface area contributed by atoms with Crippen molar-refractivity contribution in [3.8, 4) is 0 Å². The molecule has 6 nitrogen and oxygen atoms in total. The van der Waals surface area contributed by atoms with E-state index < -0.39 is 24.5 Å². The van der Waals surface area contributed by atoms with Crippen LogP contribution in [0.5, 0.6) is 0 Å². The SMILES string of the molecule is C[C@H](CCCC(=O)O)O[C@@H]1O[C@@H](C)[C@H](O)C[C@H]1O. The minimum Gasteiger partial charge on any atom is -0.481 e. The van der Waals surface area contributed by atoms with Crippen molar-refractivity contribution in [2.45, 2.75) is 70.2 Å². The molecule has 0 aliphatic carbocycles. The molecule has 0 aromatic rings. The number of aliphatic hydroxyl groups is 2. The standard InChI is InChI=1S/C12H22O6/c1-7(4-3-5-11(15)16)17-12-10(14)6-9(13)8(2)18-12/h7-10,12-14H,3-6H2,1-2H3,(H,15,16)/t7-,8+,9-,10-,12-/m1/s1. The van der Waals surface area contributed by atoms with Gasteiger partial charge in [0.25, 0.3) is 0 Å². The van der Waals surface area contributed by atoms with Crippen LogP contribution in [-0.2, 0) is 14.3 Å². The highest BCUT2D eigenvalue weighted by molar-refractivity contribution is 5.66. The molecule has 5 atom stereocenters. The summed E-state index contributed by atoms with van der Waals surface area (Å²) in [6.07, 6.45) is -1.38. The fraction of sp³-hybridized carbons (Fsp3) is 0.917. The first-order valence-corrected chi connectivity index (χ1v) is 6.29. The molecule has 6 heteroatoms. The molecule has 1 aliphatic heterocycles. The number of aliphatic hydroxyl groups excluding tert-OH is 2. The molecule has 18 heavy (non-hydrogen) atoms. The van der Waals surface area contributed by atoms with Gasteiger partial charge in [-0.1, -0.05) is 0 Å². The number of hydrogen-bond acceptors (Lipinski definition) is 5. The normalized spacial score (nSPS) is 34.2. The van der Waals surface area contributed by atoms with Gasteiger partial charge in [-0.05, 0) is 26.7 Å². The van der Waals surface area contributed by atoms with Crippen LogP contribution < -0.4 is 0 Å². The van der Waals surface area contributed by atoms with Gasteiger partial charge in [0.2, 0.25) is 0 Å². The molecule has 0 unspecified atom stereocenters. The fourth-order valence-corrected chi connectivity index (χ4v) is 1.90. The van der Waals surface area contributed by atoms with Gasteiger partial charge in [0, 0.05) is 12.8 Å². The average molecular weight is 262 g/mol. The fourth-order valence-electron chi connectivity index (χ4n) is 1.90. The van der Waals surface area contributed by atoms with Crippen molar-refractivity contribution in [2.24, 2.45) is 0 Å². The molecule has 0 bridgehead atoms. The van der Waals surface area contributed by atoms with Crippen LogP contribution in [0.25, 0.3) is 0 Å². The molecule has 0 radical (unpaired) electrons. The van der Waals surface area contributed by atoms with Crippen LogP contribution in [0.15, 0.2) is 0 Å². The summed E-state index contributed by atoms with van der Waals surface area (Å²) in [7, 11) is 0. The van der Waals surface area contributed by atoms with E-state index in [0.29, 0.717) is 12.8 Å². The Bertz CT molecular complexity index is 269. The summed E-state index contributed by atoms with van der Waals surface area (Å²) in [6, 6.07) is 0. The highest BCUT2D eigenvalue weighted by atomic mass is 16.7.